The zero-order valence-electron chi connectivity index (χ0n) is 11.1. The number of nitrogens with zero attached hydrogens (tertiary/aromatic N) is 1. The molecule has 104 valence electrons. The molecule has 0 radical (unpaired) electrons. The molecule has 0 saturated heterocycles. The average molecular weight is 268 g/mol. The van der Waals surface area contributed by atoms with Gasteiger partial charge in [0.05, 0.1) is 6.54 Å². The van der Waals surface area contributed by atoms with Crippen molar-refractivity contribution in [3.05, 3.63) is 35.4 Å². The lowest BCUT2D eigenvalue weighted by Crippen LogP contribution is -2.37. The topological polar surface area (TPSA) is 32.3 Å². The summed E-state index contributed by atoms with van der Waals surface area (Å²) >= 11 is 0. The number of hydrogen-bond acceptors (Lipinski definition) is 2. The Kier molecular flexibility index (Phi) is 4.14. The van der Waals surface area contributed by atoms with Crippen LogP contribution in [-0.2, 0) is 4.79 Å². The number of carbonyl (C=O) groups is 1. The van der Waals surface area contributed by atoms with Gasteiger partial charge in [-0.3, -0.25) is 9.69 Å². The van der Waals surface area contributed by atoms with Crippen molar-refractivity contribution < 1.29 is 13.6 Å². The van der Waals surface area contributed by atoms with Crippen LogP contribution in [0.2, 0.25) is 0 Å². The number of halogens is 2. The van der Waals surface area contributed by atoms with Crippen molar-refractivity contribution in [2.45, 2.75) is 31.8 Å². The standard InChI is InChI=1S/C14H18F2N2O/c1-9(10-3-6-12(15)13(16)7-10)18(2)8-14(19)17-11-4-5-11/h3,6-7,9,11H,4-5,8H2,1-2H3,(H,17,19). The zero-order chi connectivity index (χ0) is 14.0. The van der Waals surface area contributed by atoms with E-state index in [-0.39, 0.29) is 18.5 Å². The maximum Gasteiger partial charge on any atom is 0.234 e. The molecule has 1 aliphatic carbocycles. The molecule has 19 heavy (non-hydrogen) atoms. The van der Waals surface area contributed by atoms with E-state index in [0.29, 0.717) is 11.6 Å². The Morgan fingerprint density at radius 1 is 1.42 bits per heavy atom. The summed E-state index contributed by atoms with van der Waals surface area (Å²) in [7, 11) is 1.79. The fourth-order valence-electron chi connectivity index (χ4n) is 1.89. The van der Waals surface area contributed by atoms with Crippen molar-refractivity contribution >= 4 is 5.91 Å². The van der Waals surface area contributed by atoms with E-state index in [1.54, 1.807) is 13.1 Å². The van der Waals surface area contributed by atoms with Crippen LogP contribution in [0, 0.1) is 11.6 Å². The first-order valence-corrected chi connectivity index (χ1v) is 6.42. The summed E-state index contributed by atoms with van der Waals surface area (Å²) in [6.07, 6.45) is 2.10. The second kappa shape index (κ2) is 5.65. The fraction of sp³-hybridized carbons (Fsp3) is 0.500. The lowest BCUT2D eigenvalue weighted by Gasteiger charge is -2.24. The molecule has 0 aromatic heterocycles. The number of carbonyl (C=O) groups excluding carboxylic acids is 1. The molecule has 1 aliphatic rings. The van der Waals surface area contributed by atoms with Crippen LogP contribution in [0.4, 0.5) is 8.78 Å². The number of amides is 1. The van der Waals surface area contributed by atoms with Crippen LogP contribution in [0.25, 0.3) is 0 Å². The molecule has 5 heteroatoms. The number of rotatable bonds is 5. The van der Waals surface area contributed by atoms with Crippen molar-refractivity contribution in [2.75, 3.05) is 13.6 Å². The van der Waals surface area contributed by atoms with Crippen molar-refractivity contribution in [3.8, 4) is 0 Å². The molecule has 1 aromatic rings. The summed E-state index contributed by atoms with van der Waals surface area (Å²) in [6, 6.07) is 4.01. The van der Waals surface area contributed by atoms with E-state index in [1.807, 2.05) is 11.8 Å². The van der Waals surface area contributed by atoms with E-state index in [9.17, 15) is 13.6 Å². The highest BCUT2D eigenvalue weighted by Gasteiger charge is 2.24. The van der Waals surface area contributed by atoms with E-state index in [1.165, 1.54) is 6.07 Å². The van der Waals surface area contributed by atoms with Gasteiger partial charge in [-0.2, -0.15) is 0 Å². The van der Waals surface area contributed by atoms with Crippen molar-refractivity contribution in [1.29, 1.82) is 0 Å². The average Bonchev–Trinajstić information content (AvgIpc) is 3.15. The Hall–Kier alpha value is -1.49. The normalized spacial score (nSPS) is 16.5. The van der Waals surface area contributed by atoms with E-state index in [4.69, 9.17) is 0 Å². The molecular weight excluding hydrogens is 250 g/mol. The summed E-state index contributed by atoms with van der Waals surface area (Å²) in [6.45, 7) is 2.10. The number of hydrogen-bond donors (Lipinski definition) is 1. The van der Waals surface area contributed by atoms with Crippen molar-refractivity contribution in [3.63, 3.8) is 0 Å². The van der Waals surface area contributed by atoms with Gasteiger partial charge in [-0.15, -0.1) is 0 Å². The smallest absolute Gasteiger partial charge is 0.234 e. The minimum absolute atomic E-state index is 0.0283. The molecule has 3 nitrogen and oxygen atoms in total. The van der Waals surface area contributed by atoms with Gasteiger partial charge in [-0.05, 0) is 44.5 Å². The largest absolute Gasteiger partial charge is 0.352 e. The molecule has 0 aliphatic heterocycles. The van der Waals surface area contributed by atoms with Crippen LogP contribution >= 0.6 is 0 Å². The SMILES string of the molecule is CC(c1ccc(F)c(F)c1)N(C)CC(=O)NC1CC1. The Balaban J connectivity index is 1.94. The molecule has 1 aromatic carbocycles. The van der Waals surface area contributed by atoms with E-state index < -0.39 is 11.6 Å². The summed E-state index contributed by atoms with van der Waals surface area (Å²) in [5.74, 6) is -1.75. The molecule has 1 fully saturated rings. The van der Waals surface area contributed by atoms with Gasteiger partial charge in [0.2, 0.25) is 5.91 Å². The third-order valence-corrected chi connectivity index (χ3v) is 3.42. The van der Waals surface area contributed by atoms with Gasteiger partial charge in [0.1, 0.15) is 0 Å². The molecule has 1 saturated carbocycles. The second-order valence-corrected chi connectivity index (χ2v) is 5.11. The van der Waals surface area contributed by atoms with Crippen molar-refractivity contribution in [1.82, 2.24) is 10.2 Å². The summed E-state index contributed by atoms with van der Waals surface area (Å²) in [4.78, 5) is 13.5. The fourth-order valence-corrected chi connectivity index (χ4v) is 1.89. The van der Waals surface area contributed by atoms with Gasteiger partial charge in [-0.25, -0.2) is 8.78 Å². The second-order valence-electron chi connectivity index (χ2n) is 5.11. The highest BCUT2D eigenvalue weighted by atomic mass is 19.2. The van der Waals surface area contributed by atoms with E-state index in [2.05, 4.69) is 5.32 Å². The summed E-state index contributed by atoms with van der Waals surface area (Å²) in [5.41, 5.74) is 0.653. The molecular formula is C14H18F2N2O. The number of benzene rings is 1. The minimum atomic E-state index is -0.861. The monoisotopic (exact) mass is 268 g/mol. The Labute approximate surface area is 111 Å². The summed E-state index contributed by atoms with van der Waals surface area (Å²) in [5, 5.41) is 2.90. The highest BCUT2D eigenvalue weighted by Crippen LogP contribution is 2.21. The first-order valence-electron chi connectivity index (χ1n) is 6.42. The van der Waals surface area contributed by atoms with Crippen LogP contribution in [-0.4, -0.2) is 30.4 Å². The molecule has 1 amide bonds. The van der Waals surface area contributed by atoms with Gasteiger partial charge in [0.25, 0.3) is 0 Å². The van der Waals surface area contributed by atoms with E-state index in [0.717, 1.165) is 18.9 Å². The third kappa shape index (κ3) is 3.73. The number of nitrogens with one attached hydrogen (secondary N) is 1. The van der Waals surface area contributed by atoms with Gasteiger partial charge in [-0.1, -0.05) is 6.07 Å². The Morgan fingerprint density at radius 3 is 2.68 bits per heavy atom. The Bertz CT molecular complexity index is 475. The van der Waals surface area contributed by atoms with Crippen molar-refractivity contribution in [2.24, 2.45) is 0 Å². The first kappa shape index (κ1) is 13.9. The maximum atomic E-state index is 13.2. The van der Waals surface area contributed by atoms with Gasteiger partial charge in [0, 0.05) is 12.1 Å². The summed E-state index contributed by atoms with van der Waals surface area (Å²) < 4.78 is 26.0. The van der Waals surface area contributed by atoms with Gasteiger partial charge in [0.15, 0.2) is 11.6 Å². The molecule has 2 rings (SSSR count). The molecule has 0 heterocycles. The van der Waals surface area contributed by atoms with Crippen LogP contribution < -0.4 is 5.32 Å². The predicted molar refractivity (Wildman–Crippen MR) is 68.6 cm³/mol. The predicted octanol–water partition coefficient (Wildman–Crippen LogP) is 2.24. The first-order chi connectivity index (χ1) is 8.97. The van der Waals surface area contributed by atoms with Crippen LogP contribution in [0.3, 0.4) is 0 Å². The maximum absolute atomic E-state index is 13.2. The van der Waals surface area contributed by atoms with Crippen LogP contribution in [0.5, 0.6) is 0 Å². The third-order valence-electron chi connectivity index (χ3n) is 3.42. The lowest BCUT2D eigenvalue weighted by molar-refractivity contribution is -0.122. The number of likely N-dealkylation sites (N-methyl/N-ethyl adjacent to an activating group) is 1. The van der Waals surface area contributed by atoms with Gasteiger partial charge < -0.3 is 5.32 Å². The van der Waals surface area contributed by atoms with Crippen LogP contribution in [0.15, 0.2) is 18.2 Å². The highest BCUT2D eigenvalue weighted by molar-refractivity contribution is 5.78. The zero-order valence-corrected chi connectivity index (χ0v) is 11.1. The lowest BCUT2D eigenvalue weighted by atomic mass is 10.1. The molecule has 1 N–H and O–H groups in total. The van der Waals surface area contributed by atoms with Crippen LogP contribution in [0.1, 0.15) is 31.4 Å². The molecule has 0 spiro atoms. The minimum Gasteiger partial charge on any atom is -0.352 e. The molecule has 1 atom stereocenters. The molecule has 0 bridgehead atoms. The quantitative estimate of drug-likeness (QED) is 0.888. The van der Waals surface area contributed by atoms with Gasteiger partial charge >= 0.3 is 0 Å². The molecule has 1 unspecified atom stereocenters. The Morgan fingerprint density at radius 2 is 2.11 bits per heavy atom. The van der Waals surface area contributed by atoms with E-state index >= 15 is 0 Å².